The van der Waals surface area contributed by atoms with Gasteiger partial charge in [-0.2, -0.15) is 0 Å². The lowest BCUT2D eigenvalue weighted by Gasteiger charge is -2.33. The standard InChI is InChI=1S/C25H34N2O4/c1-26-15-20-14-22(30-12-3-10-27-11-13-31-23(16-27)18-28)8-9-24(20)25(17-26)19-4-6-21(29-2)7-5-19/h4-9,14,23,25,28H,3,10-13,15-18H2,1-2H3. The lowest BCUT2D eigenvalue weighted by atomic mass is 9.84. The van der Waals surface area contributed by atoms with Gasteiger partial charge in [0.15, 0.2) is 0 Å². The quantitative estimate of drug-likeness (QED) is 0.655. The van der Waals surface area contributed by atoms with Crippen LogP contribution in [0.15, 0.2) is 42.5 Å². The number of aliphatic hydroxyl groups excluding tert-OH is 1. The zero-order valence-corrected chi connectivity index (χ0v) is 18.6. The predicted octanol–water partition coefficient (Wildman–Crippen LogP) is 2.73. The number of nitrogens with zero attached hydrogens (tertiary/aromatic N) is 2. The van der Waals surface area contributed by atoms with Crippen LogP contribution >= 0.6 is 0 Å². The van der Waals surface area contributed by atoms with Gasteiger partial charge in [-0.25, -0.2) is 0 Å². The molecule has 31 heavy (non-hydrogen) atoms. The minimum Gasteiger partial charge on any atom is -0.497 e. The Hall–Kier alpha value is -2.12. The summed E-state index contributed by atoms with van der Waals surface area (Å²) >= 11 is 0. The van der Waals surface area contributed by atoms with Crippen molar-refractivity contribution in [3.8, 4) is 11.5 Å². The van der Waals surface area contributed by atoms with Gasteiger partial charge in [-0.3, -0.25) is 4.90 Å². The minimum atomic E-state index is -0.0500. The van der Waals surface area contributed by atoms with E-state index in [1.165, 1.54) is 16.7 Å². The first-order valence-electron chi connectivity index (χ1n) is 11.2. The highest BCUT2D eigenvalue weighted by Crippen LogP contribution is 2.35. The molecule has 2 heterocycles. The summed E-state index contributed by atoms with van der Waals surface area (Å²) in [6.07, 6.45) is 0.912. The molecular formula is C25H34N2O4. The average molecular weight is 427 g/mol. The highest BCUT2D eigenvalue weighted by Gasteiger charge is 2.25. The number of rotatable bonds is 8. The van der Waals surface area contributed by atoms with Crippen molar-refractivity contribution < 1.29 is 19.3 Å². The van der Waals surface area contributed by atoms with Crippen molar-refractivity contribution in [2.45, 2.75) is 25.0 Å². The molecule has 1 N–H and O–H groups in total. The Morgan fingerprint density at radius 3 is 2.68 bits per heavy atom. The van der Waals surface area contributed by atoms with Gasteiger partial charge in [-0.15, -0.1) is 0 Å². The number of likely N-dealkylation sites (N-methyl/N-ethyl adjacent to an activating group) is 1. The van der Waals surface area contributed by atoms with E-state index in [4.69, 9.17) is 14.2 Å². The van der Waals surface area contributed by atoms with Crippen LogP contribution in [-0.2, 0) is 11.3 Å². The SMILES string of the molecule is COc1ccc(C2CN(C)Cc3cc(OCCCN4CCOC(CO)C4)ccc32)cc1. The van der Waals surface area contributed by atoms with Crippen LogP contribution in [0.4, 0.5) is 0 Å². The second-order valence-corrected chi connectivity index (χ2v) is 8.56. The summed E-state index contributed by atoms with van der Waals surface area (Å²) in [5.74, 6) is 2.19. The van der Waals surface area contributed by atoms with Crippen LogP contribution in [0, 0.1) is 0 Å². The van der Waals surface area contributed by atoms with Gasteiger partial charge in [0.1, 0.15) is 11.5 Å². The maximum atomic E-state index is 9.27. The van der Waals surface area contributed by atoms with E-state index in [1.54, 1.807) is 7.11 Å². The molecule has 6 nitrogen and oxygen atoms in total. The molecule has 2 aliphatic heterocycles. The molecule has 0 radical (unpaired) electrons. The third-order valence-electron chi connectivity index (χ3n) is 6.26. The Morgan fingerprint density at radius 2 is 1.90 bits per heavy atom. The first kappa shape index (κ1) is 22.1. The van der Waals surface area contributed by atoms with E-state index < -0.39 is 0 Å². The van der Waals surface area contributed by atoms with Gasteiger partial charge in [0.05, 0.1) is 33.0 Å². The van der Waals surface area contributed by atoms with Crippen molar-refractivity contribution in [1.29, 1.82) is 0 Å². The molecule has 2 aromatic carbocycles. The smallest absolute Gasteiger partial charge is 0.119 e. The van der Waals surface area contributed by atoms with Crippen LogP contribution < -0.4 is 9.47 Å². The van der Waals surface area contributed by atoms with Crippen molar-refractivity contribution in [3.05, 3.63) is 59.2 Å². The molecule has 0 spiro atoms. The maximum Gasteiger partial charge on any atom is 0.119 e. The van der Waals surface area contributed by atoms with Gasteiger partial charge in [0.2, 0.25) is 0 Å². The fourth-order valence-electron chi connectivity index (χ4n) is 4.61. The molecule has 2 aliphatic rings. The van der Waals surface area contributed by atoms with E-state index in [0.29, 0.717) is 19.1 Å². The van der Waals surface area contributed by atoms with Gasteiger partial charge in [-0.05, 0) is 54.4 Å². The number of methoxy groups -OCH3 is 1. The molecule has 0 aromatic heterocycles. The van der Waals surface area contributed by atoms with E-state index in [2.05, 4.69) is 47.2 Å². The molecule has 0 bridgehead atoms. The van der Waals surface area contributed by atoms with E-state index in [1.807, 2.05) is 12.1 Å². The molecule has 2 aromatic rings. The van der Waals surface area contributed by atoms with E-state index in [9.17, 15) is 5.11 Å². The number of hydrogen-bond donors (Lipinski definition) is 1. The molecule has 0 aliphatic carbocycles. The third kappa shape index (κ3) is 5.57. The molecule has 0 saturated carbocycles. The summed E-state index contributed by atoms with van der Waals surface area (Å²) < 4.78 is 16.9. The first-order chi connectivity index (χ1) is 15.2. The van der Waals surface area contributed by atoms with E-state index in [-0.39, 0.29) is 12.7 Å². The predicted molar refractivity (Wildman–Crippen MR) is 121 cm³/mol. The third-order valence-corrected chi connectivity index (χ3v) is 6.26. The number of aliphatic hydroxyl groups is 1. The monoisotopic (exact) mass is 426 g/mol. The highest BCUT2D eigenvalue weighted by atomic mass is 16.5. The van der Waals surface area contributed by atoms with Crippen molar-refractivity contribution in [2.75, 3.05) is 60.2 Å². The fourth-order valence-corrected chi connectivity index (χ4v) is 4.61. The Balaban J connectivity index is 1.35. The molecule has 1 fully saturated rings. The summed E-state index contributed by atoms with van der Waals surface area (Å²) in [5.41, 5.74) is 4.04. The molecule has 2 atom stereocenters. The fraction of sp³-hybridized carbons (Fsp3) is 0.520. The van der Waals surface area contributed by atoms with Gasteiger partial charge < -0.3 is 24.2 Å². The second kappa shape index (κ2) is 10.5. The van der Waals surface area contributed by atoms with Crippen LogP contribution in [0.2, 0.25) is 0 Å². The number of fused-ring (bicyclic) bond motifs is 1. The number of benzene rings is 2. The second-order valence-electron chi connectivity index (χ2n) is 8.56. The van der Waals surface area contributed by atoms with Crippen molar-refractivity contribution in [1.82, 2.24) is 9.80 Å². The van der Waals surface area contributed by atoms with Crippen LogP contribution in [-0.4, -0.2) is 81.2 Å². The molecule has 168 valence electrons. The number of hydrogen-bond acceptors (Lipinski definition) is 6. The molecule has 0 amide bonds. The summed E-state index contributed by atoms with van der Waals surface area (Å²) in [5, 5.41) is 9.27. The Labute approximate surface area is 185 Å². The summed E-state index contributed by atoms with van der Waals surface area (Å²) in [4.78, 5) is 4.71. The van der Waals surface area contributed by atoms with Crippen molar-refractivity contribution in [3.63, 3.8) is 0 Å². The van der Waals surface area contributed by atoms with Crippen LogP contribution in [0.25, 0.3) is 0 Å². The summed E-state index contributed by atoms with van der Waals surface area (Å²) in [7, 11) is 3.88. The highest BCUT2D eigenvalue weighted by molar-refractivity contribution is 5.45. The van der Waals surface area contributed by atoms with Crippen LogP contribution in [0.3, 0.4) is 0 Å². The molecular weight excluding hydrogens is 392 g/mol. The number of morpholine rings is 1. The maximum absolute atomic E-state index is 9.27. The molecule has 4 rings (SSSR count). The van der Waals surface area contributed by atoms with E-state index in [0.717, 1.165) is 50.6 Å². The van der Waals surface area contributed by atoms with Crippen LogP contribution in [0.1, 0.15) is 29.0 Å². The normalized spacial score (nSPS) is 22.2. The first-order valence-corrected chi connectivity index (χ1v) is 11.2. The van der Waals surface area contributed by atoms with Crippen LogP contribution in [0.5, 0.6) is 11.5 Å². The zero-order chi connectivity index (χ0) is 21.6. The summed E-state index contributed by atoms with van der Waals surface area (Å²) in [6.45, 7) is 6.12. The Bertz CT molecular complexity index is 842. The van der Waals surface area contributed by atoms with Crippen molar-refractivity contribution >= 4 is 0 Å². The van der Waals surface area contributed by atoms with Gasteiger partial charge in [-0.1, -0.05) is 18.2 Å². The Kier molecular flexibility index (Phi) is 7.45. The molecule has 6 heteroatoms. The topological polar surface area (TPSA) is 54.4 Å². The average Bonchev–Trinajstić information content (AvgIpc) is 2.81. The lowest BCUT2D eigenvalue weighted by molar-refractivity contribution is -0.0533. The zero-order valence-electron chi connectivity index (χ0n) is 18.6. The molecule has 1 saturated heterocycles. The van der Waals surface area contributed by atoms with Gasteiger partial charge in [0.25, 0.3) is 0 Å². The van der Waals surface area contributed by atoms with Crippen molar-refractivity contribution in [2.24, 2.45) is 0 Å². The van der Waals surface area contributed by atoms with Gasteiger partial charge >= 0.3 is 0 Å². The Morgan fingerprint density at radius 1 is 1.10 bits per heavy atom. The lowest BCUT2D eigenvalue weighted by Crippen LogP contribution is -2.44. The van der Waals surface area contributed by atoms with E-state index >= 15 is 0 Å². The largest absolute Gasteiger partial charge is 0.497 e. The minimum absolute atomic E-state index is 0.0500. The van der Waals surface area contributed by atoms with Gasteiger partial charge in [0, 0.05) is 38.6 Å². The summed E-state index contributed by atoms with van der Waals surface area (Å²) in [6, 6.07) is 15.0. The number of ether oxygens (including phenoxy) is 3. The molecule has 2 unspecified atom stereocenters.